The molecule has 2 aromatic rings. The second kappa shape index (κ2) is 9.67. The van der Waals surface area contributed by atoms with Crippen LogP contribution in [-0.4, -0.2) is 43.3 Å². The average molecular weight is 362 g/mol. The summed E-state index contributed by atoms with van der Waals surface area (Å²) in [5, 5.41) is 9.57. The third kappa shape index (κ3) is 6.51. The Morgan fingerprint density at radius 3 is 1.88 bits per heavy atom. The zero-order valence-corrected chi connectivity index (χ0v) is 13.7. The number of furan rings is 2. The van der Waals surface area contributed by atoms with Gasteiger partial charge in [0.2, 0.25) is 17.7 Å². The molecule has 2 heterocycles. The van der Waals surface area contributed by atoms with Gasteiger partial charge >= 0.3 is 0 Å². The first kappa shape index (κ1) is 18.8. The van der Waals surface area contributed by atoms with E-state index in [1.54, 1.807) is 18.2 Å². The average Bonchev–Trinajstić information content (AvgIpc) is 3.34. The molecule has 0 bridgehead atoms. The summed E-state index contributed by atoms with van der Waals surface area (Å²) >= 11 is 0. The zero-order valence-electron chi connectivity index (χ0n) is 13.7. The molecular formula is C16H18N4O6. The zero-order chi connectivity index (χ0) is 18.8. The fraction of sp³-hybridized carbons (Fsp3) is 0.250. The smallest absolute Gasteiger partial charge is 0.287 e. The molecule has 10 heteroatoms. The predicted octanol–water partition coefficient (Wildman–Crippen LogP) is -0.849. The number of hydrogen-bond donors (Lipinski definition) is 4. The standard InChI is InChI=1S/C16H18N4O6/c21-13(17-7-11-3-1-5-25-11)8-18-14(22)9-19-15(23)10-20-16(24)12-4-2-6-26-12/h1-6H,7-10H2,(H,17,21)(H,18,22)(H,19,23)(H,20,24). The Bertz CT molecular complexity index is 739. The molecule has 0 atom stereocenters. The van der Waals surface area contributed by atoms with Crippen LogP contribution in [0.3, 0.4) is 0 Å². The lowest BCUT2D eigenvalue weighted by Crippen LogP contribution is -2.44. The van der Waals surface area contributed by atoms with E-state index >= 15 is 0 Å². The van der Waals surface area contributed by atoms with Crippen LogP contribution in [0.1, 0.15) is 16.3 Å². The summed E-state index contributed by atoms with van der Waals surface area (Å²) in [6.07, 6.45) is 2.83. The van der Waals surface area contributed by atoms with Crippen molar-refractivity contribution in [3.63, 3.8) is 0 Å². The highest BCUT2D eigenvalue weighted by Crippen LogP contribution is 1.98. The summed E-state index contributed by atoms with van der Waals surface area (Å²) in [6.45, 7) is -0.643. The van der Waals surface area contributed by atoms with E-state index in [0.29, 0.717) is 5.76 Å². The van der Waals surface area contributed by atoms with Gasteiger partial charge in [-0.15, -0.1) is 0 Å². The number of nitrogens with one attached hydrogen (secondary N) is 4. The minimum atomic E-state index is -0.553. The van der Waals surface area contributed by atoms with Gasteiger partial charge < -0.3 is 30.1 Å². The maximum absolute atomic E-state index is 11.6. The maximum Gasteiger partial charge on any atom is 0.287 e. The van der Waals surface area contributed by atoms with Crippen molar-refractivity contribution in [3.05, 3.63) is 48.3 Å². The Labute approximate surface area is 148 Å². The van der Waals surface area contributed by atoms with Crippen molar-refractivity contribution in [2.75, 3.05) is 19.6 Å². The fourth-order valence-electron chi connectivity index (χ4n) is 1.80. The molecule has 2 rings (SSSR count). The van der Waals surface area contributed by atoms with Crippen LogP contribution in [0.15, 0.2) is 45.6 Å². The van der Waals surface area contributed by atoms with Gasteiger partial charge in [-0.05, 0) is 24.3 Å². The summed E-state index contributed by atoms with van der Waals surface area (Å²) in [5.41, 5.74) is 0. The Hall–Kier alpha value is -3.56. The molecule has 10 nitrogen and oxygen atoms in total. The first-order valence-corrected chi connectivity index (χ1v) is 7.69. The van der Waals surface area contributed by atoms with Crippen molar-refractivity contribution in [1.29, 1.82) is 0 Å². The van der Waals surface area contributed by atoms with E-state index in [1.807, 2.05) is 0 Å². The van der Waals surface area contributed by atoms with E-state index in [0.717, 1.165) is 0 Å². The molecule has 4 amide bonds. The molecule has 0 fully saturated rings. The molecule has 138 valence electrons. The van der Waals surface area contributed by atoms with Crippen molar-refractivity contribution >= 4 is 23.6 Å². The van der Waals surface area contributed by atoms with Crippen LogP contribution in [0.25, 0.3) is 0 Å². The highest BCUT2D eigenvalue weighted by molar-refractivity contribution is 5.95. The molecule has 0 aliphatic heterocycles. The Balaban J connectivity index is 1.55. The number of carbonyl (C=O) groups excluding carboxylic acids is 4. The van der Waals surface area contributed by atoms with Gasteiger partial charge in [-0.2, -0.15) is 0 Å². The van der Waals surface area contributed by atoms with Gasteiger partial charge in [0.05, 0.1) is 38.7 Å². The highest BCUT2D eigenvalue weighted by Gasteiger charge is 2.11. The predicted molar refractivity (Wildman–Crippen MR) is 87.6 cm³/mol. The second-order valence-electron chi connectivity index (χ2n) is 5.07. The summed E-state index contributed by atoms with van der Waals surface area (Å²) < 4.78 is 9.92. The first-order valence-electron chi connectivity index (χ1n) is 7.69. The normalized spacial score (nSPS) is 10.0. The van der Waals surface area contributed by atoms with Gasteiger partial charge in [0.25, 0.3) is 5.91 Å². The molecule has 0 radical (unpaired) electrons. The van der Waals surface area contributed by atoms with Gasteiger partial charge in [-0.3, -0.25) is 19.2 Å². The Kier molecular flexibility index (Phi) is 6.98. The van der Waals surface area contributed by atoms with Gasteiger partial charge in [-0.1, -0.05) is 0 Å². The van der Waals surface area contributed by atoms with Crippen molar-refractivity contribution < 1.29 is 28.0 Å². The van der Waals surface area contributed by atoms with Crippen LogP contribution in [0.4, 0.5) is 0 Å². The molecule has 0 aliphatic carbocycles. The number of rotatable bonds is 9. The molecule has 0 saturated heterocycles. The summed E-state index contributed by atoms with van der Waals surface area (Å²) in [7, 11) is 0. The SMILES string of the molecule is O=C(CNC(=O)CNC(=O)c1ccco1)NCC(=O)NCc1ccco1. The molecule has 0 aliphatic rings. The van der Waals surface area contributed by atoms with Crippen LogP contribution in [-0.2, 0) is 20.9 Å². The van der Waals surface area contributed by atoms with Crippen molar-refractivity contribution in [1.82, 2.24) is 21.3 Å². The van der Waals surface area contributed by atoms with E-state index < -0.39 is 23.6 Å². The van der Waals surface area contributed by atoms with Gasteiger partial charge in [0.1, 0.15) is 5.76 Å². The van der Waals surface area contributed by atoms with E-state index in [-0.39, 0.29) is 31.9 Å². The molecule has 0 saturated carbocycles. The Morgan fingerprint density at radius 2 is 1.31 bits per heavy atom. The minimum Gasteiger partial charge on any atom is -0.467 e. The summed E-state index contributed by atoms with van der Waals surface area (Å²) in [5.74, 6) is -1.36. The van der Waals surface area contributed by atoms with Gasteiger partial charge in [-0.25, -0.2) is 0 Å². The largest absolute Gasteiger partial charge is 0.467 e. The van der Waals surface area contributed by atoms with Crippen LogP contribution in [0.5, 0.6) is 0 Å². The van der Waals surface area contributed by atoms with Crippen LogP contribution >= 0.6 is 0 Å². The molecule has 4 N–H and O–H groups in total. The lowest BCUT2D eigenvalue weighted by molar-refractivity contribution is -0.127. The first-order chi connectivity index (χ1) is 12.5. The fourth-order valence-corrected chi connectivity index (χ4v) is 1.80. The van der Waals surface area contributed by atoms with E-state index in [2.05, 4.69) is 21.3 Å². The third-order valence-corrected chi connectivity index (χ3v) is 3.09. The topological polar surface area (TPSA) is 143 Å². The molecule has 26 heavy (non-hydrogen) atoms. The Morgan fingerprint density at radius 1 is 0.731 bits per heavy atom. The minimum absolute atomic E-state index is 0.0797. The van der Waals surface area contributed by atoms with Gasteiger partial charge in [0, 0.05) is 0 Å². The quantitative estimate of drug-likeness (QED) is 0.458. The lowest BCUT2D eigenvalue weighted by Gasteiger charge is -2.08. The van der Waals surface area contributed by atoms with Crippen molar-refractivity contribution in [3.8, 4) is 0 Å². The monoisotopic (exact) mass is 362 g/mol. The molecule has 2 aromatic heterocycles. The van der Waals surface area contributed by atoms with E-state index in [9.17, 15) is 19.2 Å². The van der Waals surface area contributed by atoms with Crippen LogP contribution in [0, 0.1) is 0 Å². The summed E-state index contributed by atoms with van der Waals surface area (Å²) in [4.78, 5) is 46.3. The van der Waals surface area contributed by atoms with E-state index in [4.69, 9.17) is 8.83 Å². The lowest BCUT2D eigenvalue weighted by atomic mass is 10.4. The second-order valence-corrected chi connectivity index (χ2v) is 5.07. The maximum atomic E-state index is 11.6. The molecule has 0 aromatic carbocycles. The summed E-state index contributed by atoms with van der Waals surface area (Å²) in [6, 6.07) is 6.41. The van der Waals surface area contributed by atoms with Crippen LogP contribution in [0.2, 0.25) is 0 Å². The molecule has 0 spiro atoms. The van der Waals surface area contributed by atoms with E-state index in [1.165, 1.54) is 18.6 Å². The number of carbonyl (C=O) groups is 4. The highest BCUT2D eigenvalue weighted by atomic mass is 16.3. The van der Waals surface area contributed by atoms with Crippen LogP contribution < -0.4 is 21.3 Å². The number of hydrogen-bond acceptors (Lipinski definition) is 6. The van der Waals surface area contributed by atoms with Crippen molar-refractivity contribution in [2.24, 2.45) is 0 Å². The van der Waals surface area contributed by atoms with Gasteiger partial charge in [0.15, 0.2) is 5.76 Å². The number of amides is 4. The molecule has 0 unspecified atom stereocenters. The third-order valence-electron chi connectivity index (χ3n) is 3.09. The molecular weight excluding hydrogens is 344 g/mol. The van der Waals surface area contributed by atoms with Crippen molar-refractivity contribution in [2.45, 2.75) is 6.54 Å².